The number of rotatable bonds is 5. The standard InChI is InChI=1S/C20H24N4O3/c1-4-13(2)21-18(25)12-23-19(26)10-9-16(22-23)20(27)24-14(3)11-15-7-5-6-8-17(15)24/h5-10,13-14H,4,11-12H2,1-3H3,(H,21,25)/t13-,14-/m1/s1. The van der Waals surface area contributed by atoms with E-state index in [2.05, 4.69) is 10.4 Å². The van der Waals surface area contributed by atoms with Crippen molar-refractivity contribution in [1.29, 1.82) is 0 Å². The maximum atomic E-state index is 13.0. The Morgan fingerprint density at radius 2 is 2.00 bits per heavy atom. The molecule has 0 saturated heterocycles. The second-order valence-corrected chi connectivity index (χ2v) is 6.95. The van der Waals surface area contributed by atoms with Gasteiger partial charge >= 0.3 is 0 Å². The number of carbonyl (C=O) groups excluding carboxylic acids is 2. The summed E-state index contributed by atoms with van der Waals surface area (Å²) in [5, 5.41) is 6.94. The van der Waals surface area contributed by atoms with Gasteiger partial charge in [-0.25, -0.2) is 4.68 Å². The number of anilines is 1. The molecule has 27 heavy (non-hydrogen) atoms. The van der Waals surface area contributed by atoms with E-state index in [1.807, 2.05) is 45.0 Å². The molecule has 3 rings (SSSR count). The van der Waals surface area contributed by atoms with Gasteiger partial charge in [0.15, 0.2) is 0 Å². The van der Waals surface area contributed by atoms with Gasteiger partial charge in [0, 0.05) is 23.8 Å². The molecular formula is C20H24N4O3. The first-order valence-corrected chi connectivity index (χ1v) is 9.19. The number of aromatic nitrogens is 2. The van der Waals surface area contributed by atoms with Gasteiger partial charge in [-0.1, -0.05) is 25.1 Å². The lowest BCUT2D eigenvalue weighted by Gasteiger charge is -2.22. The molecule has 2 heterocycles. The highest BCUT2D eigenvalue weighted by molar-refractivity contribution is 6.06. The lowest BCUT2D eigenvalue weighted by atomic mass is 10.1. The summed E-state index contributed by atoms with van der Waals surface area (Å²) < 4.78 is 1.04. The third-order valence-corrected chi connectivity index (χ3v) is 4.82. The van der Waals surface area contributed by atoms with E-state index in [4.69, 9.17) is 0 Å². The fourth-order valence-electron chi connectivity index (χ4n) is 3.23. The molecule has 2 atom stereocenters. The number of para-hydroxylation sites is 1. The predicted molar refractivity (Wildman–Crippen MR) is 103 cm³/mol. The minimum atomic E-state index is -0.416. The lowest BCUT2D eigenvalue weighted by Crippen LogP contribution is -2.40. The summed E-state index contributed by atoms with van der Waals surface area (Å²) in [6.45, 7) is 5.62. The molecule has 0 fully saturated rings. The van der Waals surface area contributed by atoms with Crippen molar-refractivity contribution in [3.8, 4) is 0 Å². The lowest BCUT2D eigenvalue weighted by molar-refractivity contribution is -0.122. The van der Waals surface area contributed by atoms with Gasteiger partial charge in [-0.3, -0.25) is 14.4 Å². The molecule has 2 aromatic rings. The van der Waals surface area contributed by atoms with Crippen LogP contribution in [0.4, 0.5) is 5.69 Å². The van der Waals surface area contributed by atoms with Crippen molar-refractivity contribution < 1.29 is 9.59 Å². The Morgan fingerprint density at radius 3 is 2.74 bits per heavy atom. The molecule has 7 heteroatoms. The van der Waals surface area contributed by atoms with Crippen LogP contribution in [0, 0.1) is 0 Å². The topological polar surface area (TPSA) is 84.3 Å². The van der Waals surface area contributed by atoms with Crippen LogP contribution in [0.2, 0.25) is 0 Å². The van der Waals surface area contributed by atoms with E-state index in [0.717, 1.165) is 28.8 Å². The highest BCUT2D eigenvalue weighted by Crippen LogP contribution is 2.32. The highest BCUT2D eigenvalue weighted by atomic mass is 16.2. The molecule has 1 aliphatic rings. The minimum Gasteiger partial charge on any atom is -0.352 e. The van der Waals surface area contributed by atoms with E-state index in [1.165, 1.54) is 12.1 Å². The number of hydrogen-bond donors (Lipinski definition) is 1. The average molecular weight is 368 g/mol. The van der Waals surface area contributed by atoms with Crippen molar-refractivity contribution in [2.24, 2.45) is 0 Å². The normalized spacial score (nSPS) is 16.7. The Balaban J connectivity index is 1.84. The van der Waals surface area contributed by atoms with Crippen molar-refractivity contribution in [3.63, 3.8) is 0 Å². The first kappa shape index (κ1) is 18.8. The number of carbonyl (C=O) groups is 2. The van der Waals surface area contributed by atoms with E-state index >= 15 is 0 Å². The van der Waals surface area contributed by atoms with Crippen LogP contribution in [-0.4, -0.2) is 33.7 Å². The highest BCUT2D eigenvalue weighted by Gasteiger charge is 2.32. The molecule has 142 valence electrons. The summed E-state index contributed by atoms with van der Waals surface area (Å²) in [6, 6.07) is 10.5. The number of amides is 2. The van der Waals surface area contributed by atoms with Crippen LogP contribution >= 0.6 is 0 Å². The van der Waals surface area contributed by atoms with Gasteiger partial charge < -0.3 is 10.2 Å². The van der Waals surface area contributed by atoms with Gasteiger partial charge in [0.2, 0.25) is 5.91 Å². The third-order valence-electron chi connectivity index (χ3n) is 4.82. The van der Waals surface area contributed by atoms with E-state index in [1.54, 1.807) is 4.90 Å². The van der Waals surface area contributed by atoms with Crippen LogP contribution in [0.1, 0.15) is 43.2 Å². The fraction of sp³-hybridized carbons (Fsp3) is 0.400. The summed E-state index contributed by atoms with van der Waals surface area (Å²) in [4.78, 5) is 38.9. The molecule has 0 bridgehead atoms. The molecular weight excluding hydrogens is 344 g/mol. The van der Waals surface area contributed by atoms with E-state index in [0.29, 0.717) is 0 Å². The van der Waals surface area contributed by atoms with E-state index in [9.17, 15) is 14.4 Å². The van der Waals surface area contributed by atoms with Gasteiger partial charge in [0.25, 0.3) is 11.5 Å². The summed E-state index contributed by atoms with van der Waals surface area (Å²) in [6.07, 6.45) is 1.57. The zero-order valence-electron chi connectivity index (χ0n) is 15.8. The molecule has 0 unspecified atom stereocenters. The van der Waals surface area contributed by atoms with Crippen LogP contribution in [0.15, 0.2) is 41.2 Å². The van der Waals surface area contributed by atoms with Crippen molar-refractivity contribution in [1.82, 2.24) is 15.1 Å². The van der Waals surface area contributed by atoms with Crippen LogP contribution in [0.3, 0.4) is 0 Å². The van der Waals surface area contributed by atoms with E-state index in [-0.39, 0.29) is 36.1 Å². The van der Waals surface area contributed by atoms with Crippen LogP contribution < -0.4 is 15.8 Å². The van der Waals surface area contributed by atoms with Crippen molar-refractivity contribution >= 4 is 17.5 Å². The summed E-state index contributed by atoms with van der Waals surface area (Å²) >= 11 is 0. The number of fused-ring (bicyclic) bond motifs is 1. The molecule has 1 aromatic heterocycles. The Morgan fingerprint density at radius 1 is 1.26 bits per heavy atom. The first-order valence-electron chi connectivity index (χ1n) is 9.19. The van der Waals surface area contributed by atoms with Gasteiger partial charge in [-0.15, -0.1) is 0 Å². The Bertz CT molecular complexity index is 921. The summed E-state index contributed by atoms with van der Waals surface area (Å²) in [5.74, 6) is -0.577. The molecule has 2 amide bonds. The molecule has 0 radical (unpaired) electrons. The van der Waals surface area contributed by atoms with Gasteiger partial charge in [-0.2, -0.15) is 5.10 Å². The quantitative estimate of drug-likeness (QED) is 0.871. The summed E-state index contributed by atoms with van der Waals surface area (Å²) in [7, 11) is 0. The SMILES string of the molecule is CC[C@@H](C)NC(=O)Cn1nc(C(=O)N2c3ccccc3C[C@H]2C)ccc1=O. The largest absolute Gasteiger partial charge is 0.352 e. The number of benzene rings is 1. The van der Waals surface area contributed by atoms with Crippen LogP contribution in [0.25, 0.3) is 0 Å². The Kier molecular flexibility index (Phi) is 5.39. The zero-order chi connectivity index (χ0) is 19.6. The van der Waals surface area contributed by atoms with Gasteiger partial charge in [0.1, 0.15) is 12.2 Å². The van der Waals surface area contributed by atoms with Crippen LogP contribution in [-0.2, 0) is 17.8 Å². The third kappa shape index (κ3) is 3.92. The summed E-state index contributed by atoms with van der Waals surface area (Å²) in [5.41, 5.74) is 1.71. The van der Waals surface area contributed by atoms with Gasteiger partial charge in [0.05, 0.1) is 0 Å². The molecule has 0 saturated carbocycles. The minimum absolute atomic E-state index is 0.00535. The number of nitrogens with one attached hydrogen (secondary N) is 1. The van der Waals surface area contributed by atoms with Crippen molar-refractivity contribution in [2.75, 3.05) is 4.90 Å². The Hall–Kier alpha value is -2.96. The molecule has 0 spiro atoms. The smallest absolute Gasteiger partial charge is 0.278 e. The Labute approximate surface area is 158 Å². The molecule has 1 aromatic carbocycles. The molecule has 1 aliphatic heterocycles. The predicted octanol–water partition coefficient (Wildman–Crippen LogP) is 1.75. The monoisotopic (exact) mass is 368 g/mol. The number of hydrogen-bond acceptors (Lipinski definition) is 4. The fourth-order valence-corrected chi connectivity index (χ4v) is 3.23. The first-order chi connectivity index (χ1) is 12.9. The molecule has 1 N–H and O–H groups in total. The van der Waals surface area contributed by atoms with Crippen LogP contribution in [0.5, 0.6) is 0 Å². The van der Waals surface area contributed by atoms with Crippen molar-refractivity contribution in [3.05, 3.63) is 58.0 Å². The maximum absolute atomic E-state index is 13.0. The second kappa shape index (κ2) is 7.73. The zero-order valence-corrected chi connectivity index (χ0v) is 15.8. The molecule has 0 aliphatic carbocycles. The number of nitrogens with zero attached hydrogens (tertiary/aromatic N) is 3. The second-order valence-electron chi connectivity index (χ2n) is 6.95. The molecule has 7 nitrogen and oxygen atoms in total. The maximum Gasteiger partial charge on any atom is 0.278 e. The van der Waals surface area contributed by atoms with Crippen molar-refractivity contribution in [2.45, 2.75) is 52.2 Å². The average Bonchev–Trinajstić information content (AvgIpc) is 2.98. The van der Waals surface area contributed by atoms with Gasteiger partial charge in [-0.05, 0) is 44.4 Å². The van der Waals surface area contributed by atoms with E-state index < -0.39 is 5.56 Å².